The van der Waals surface area contributed by atoms with Crippen LogP contribution in [0.15, 0.2) is 30.3 Å². The van der Waals surface area contributed by atoms with E-state index in [1.807, 2.05) is 30.3 Å². The lowest BCUT2D eigenvalue weighted by Gasteiger charge is -2.22. The van der Waals surface area contributed by atoms with Crippen LogP contribution >= 0.6 is 0 Å². The summed E-state index contributed by atoms with van der Waals surface area (Å²) < 4.78 is 4.94. The molecule has 1 amide bonds. The second-order valence-corrected chi connectivity index (χ2v) is 4.68. The van der Waals surface area contributed by atoms with Crippen LogP contribution in [0.25, 0.3) is 0 Å². The lowest BCUT2D eigenvalue weighted by Crippen LogP contribution is -2.38. The highest BCUT2D eigenvalue weighted by atomic mass is 16.6. The average molecular weight is 279 g/mol. The van der Waals surface area contributed by atoms with E-state index in [1.165, 1.54) is 11.8 Å². The third-order valence-corrected chi connectivity index (χ3v) is 2.94. The molecule has 0 unspecified atom stereocenters. The molecular formula is C15H21NO4. The van der Waals surface area contributed by atoms with Gasteiger partial charge in [-0.05, 0) is 18.9 Å². The van der Waals surface area contributed by atoms with Gasteiger partial charge in [0.1, 0.15) is 0 Å². The first-order valence-electron chi connectivity index (χ1n) is 6.63. The Balaban J connectivity index is 2.54. The number of aliphatic hydroxyl groups excluding tert-OH is 1. The van der Waals surface area contributed by atoms with Gasteiger partial charge in [0.15, 0.2) is 12.2 Å². The Kier molecular flexibility index (Phi) is 6.18. The highest BCUT2D eigenvalue weighted by Gasteiger charge is 2.24. The number of esters is 1. The fourth-order valence-electron chi connectivity index (χ4n) is 1.72. The van der Waals surface area contributed by atoms with Gasteiger partial charge in [0.2, 0.25) is 0 Å². The van der Waals surface area contributed by atoms with Gasteiger partial charge in [0.25, 0.3) is 5.91 Å². The van der Waals surface area contributed by atoms with Crippen molar-refractivity contribution in [3.05, 3.63) is 35.9 Å². The number of rotatable bonds is 6. The SMILES string of the molecule is CC[C@H](O)C(=O)O[C@H](C)C(=O)N(C)Cc1ccccc1. The Hall–Kier alpha value is -1.88. The minimum absolute atomic E-state index is 0.263. The van der Waals surface area contributed by atoms with Crippen LogP contribution in [-0.4, -0.2) is 41.1 Å². The van der Waals surface area contributed by atoms with Crippen molar-refractivity contribution in [1.29, 1.82) is 0 Å². The van der Waals surface area contributed by atoms with E-state index in [4.69, 9.17) is 4.74 Å². The molecule has 0 aromatic heterocycles. The molecular weight excluding hydrogens is 258 g/mol. The minimum Gasteiger partial charge on any atom is -0.451 e. The zero-order valence-electron chi connectivity index (χ0n) is 12.1. The molecule has 0 radical (unpaired) electrons. The molecule has 20 heavy (non-hydrogen) atoms. The number of aliphatic hydroxyl groups is 1. The van der Waals surface area contributed by atoms with E-state index in [0.717, 1.165) is 5.56 Å². The smallest absolute Gasteiger partial charge is 0.335 e. The Morgan fingerprint density at radius 3 is 2.45 bits per heavy atom. The molecule has 0 heterocycles. The summed E-state index contributed by atoms with van der Waals surface area (Å²) in [5, 5.41) is 9.33. The summed E-state index contributed by atoms with van der Waals surface area (Å²) in [5.74, 6) is -1.06. The number of nitrogens with zero attached hydrogens (tertiary/aromatic N) is 1. The standard InChI is InChI=1S/C15H21NO4/c1-4-13(17)15(19)20-11(2)14(18)16(3)10-12-8-6-5-7-9-12/h5-9,11,13,17H,4,10H2,1-3H3/t11-,13+/m1/s1. The molecule has 0 bridgehead atoms. The fourth-order valence-corrected chi connectivity index (χ4v) is 1.72. The van der Waals surface area contributed by atoms with Crippen LogP contribution in [0.4, 0.5) is 0 Å². The van der Waals surface area contributed by atoms with Gasteiger partial charge in [0.05, 0.1) is 0 Å². The number of amides is 1. The maximum absolute atomic E-state index is 12.1. The van der Waals surface area contributed by atoms with Crippen molar-refractivity contribution in [2.75, 3.05) is 7.05 Å². The Bertz CT molecular complexity index is 446. The summed E-state index contributed by atoms with van der Waals surface area (Å²) in [6.45, 7) is 3.61. The molecule has 0 saturated carbocycles. The predicted octanol–water partition coefficient (Wildman–Crippen LogP) is 1.35. The minimum atomic E-state index is -1.18. The third-order valence-electron chi connectivity index (χ3n) is 2.94. The van der Waals surface area contributed by atoms with Crippen LogP contribution in [-0.2, 0) is 20.9 Å². The molecule has 0 aliphatic carbocycles. The van der Waals surface area contributed by atoms with Crippen molar-refractivity contribution < 1.29 is 19.4 Å². The van der Waals surface area contributed by atoms with Gasteiger partial charge in [-0.15, -0.1) is 0 Å². The van der Waals surface area contributed by atoms with E-state index in [1.54, 1.807) is 14.0 Å². The third kappa shape index (κ3) is 4.66. The molecule has 2 atom stereocenters. The van der Waals surface area contributed by atoms with Gasteiger partial charge in [0, 0.05) is 13.6 Å². The predicted molar refractivity (Wildman–Crippen MR) is 74.8 cm³/mol. The number of ether oxygens (including phenoxy) is 1. The van der Waals surface area contributed by atoms with Crippen LogP contribution in [0.5, 0.6) is 0 Å². The number of benzene rings is 1. The van der Waals surface area contributed by atoms with Crippen molar-refractivity contribution >= 4 is 11.9 Å². The second kappa shape index (κ2) is 7.65. The van der Waals surface area contributed by atoms with Crippen LogP contribution in [0.1, 0.15) is 25.8 Å². The molecule has 0 aliphatic rings. The first-order chi connectivity index (χ1) is 9.45. The largest absolute Gasteiger partial charge is 0.451 e. The number of likely N-dealkylation sites (N-methyl/N-ethyl adjacent to an activating group) is 1. The van der Waals surface area contributed by atoms with Crippen molar-refractivity contribution in [2.45, 2.75) is 39.0 Å². The highest BCUT2D eigenvalue weighted by Crippen LogP contribution is 2.07. The summed E-state index contributed by atoms with van der Waals surface area (Å²) in [6, 6.07) is 9.54. The fraction of sp³-hybridized carbons (Fsp3) is 0.467. The topological polar surface area (TPSA) is 66.8 Å². The van der Waals surface area contributed by atoms with E-state index >= 15 is 0 Å². The lowest BCUT2D eigenvalue weighted by molar-refractivity contribution is -0.165. The molecule has 110 valence electrons. The van der Waals surface area contributed by atoms with E-state index in [2.05, 4.69) is 0 Å². The molecule has 1 rings (SSSR count). The first kappa shape index (κ1) is 16.2. The molecule has 0 fully saturated rings. The summed E-state index contributed by atoms with van der Waals surface area (Å²) in [5.41, 5.74) is 0.996. The molecule has 1 N–H and O–H groups in total. The maximum Gasteiger partial charge on any atom is 0.335 e. The molecule has 5 heteroatoms. The average Bonchev–Trinajstić information content (AvgIpc) is 2.46. The Morgan fingerprint density at radius 2 is 1.90 bits per heavy atom. The number of hydrogen-bond acceptors (Lipinski definition) is 4. The first-order valence-corrected chi connectivity index (χ1v) is 6.63. The van der Waals surface area contributed by atoms with Gasteiger partial charge in [-0.25, -0.2) is 4.79 Å². The summed E-state index contributed by atoms with van der Waals surface area (Å²) in [7, 11) is 1.65. The second-order valence-electron chi connectivity index (χ2n) is 4.68. The molecule has 1 aromatic rings. The summed E-state index contributed by atoms with van der Waals surface area (Å²) >= 11 is 0. The van der Waals surface area contributed by atoms with Crippen molar-refractivity contribution in [3.63, 3.8) is 0 Å². The number of hydrogen-bond donors (Lipinski definition) is 1. The molecule has 0 aliphatic heterocycles. The monoisotopic (exact) mass is 279 g/mol. The number of carbonyl (C=O) groups excluding carboxylic acids is 2. The molecule has 0 saturated heterocycles. The van der Waals surface area contributed by atoms with E-state index in [-0.39, 0.29) is 12.3 Å². The molecule has 1 aromatic carbocycles. The van der Waals surface area contributed by atoms with E-state index < -0.39 is 18.2 Å². The van der Waals surface area contributed by atoms with Gasteiger partial charge >= 0.3 is 5.97 Å². The molecule has 5 nitrogen and oxygen atoms in total. The van der Waals surface area contributed by atoms with Gasteiger partial charge in [-0.3, -0.25) is 4.79 Å². The molecule has 0 spiro atoms. The Labute approximate surface area is 119 Å². The van der Waals surface area contributed by atoms with E-state index in [9.17, 15) is 14.7 Å². The normalized spacial score (nSPS) is 13.4. The van der Waals surface area contributed by atoms with Crippen LogP contribution < -0.4 is 0 Å². The maximum atomic E-state index is 12.1. The zero-order chi connectivity index (χ0) is 15.1. The quantitative estimate of drug-likeness (QED) is 0.798. The van der Waals surface area contributed by atoms with Crippen LogP contribution in [0.3, 0.4) is 0 Å². The van der Waals surface area contributed by atoms with Crippen LogP contribution in [0, 0.1) is 0 Å². The van der Waals surface area contributed by atoms with Crippen molar-refractivity contribution in [2.24, 2.45) is 0 Å². The van der Waals surface area contributed by atoms with Crippen LogP contribution in [0.2, 0.25) is 0 Å². The van der Waals surface area contributed by atoms with Gasteiger partial charge < -0.3 is 14.7 Å². The zero-order valence-corrected chi connectivity index (χ0v) is 12.1. The van der Waals surface area contributed by atoms with Gasteiger partial charge in [-0.2, -0.15) is 0 Å². The Morgan fingerprint density at radius 1 is 1.30 bits per heavy atom. The van der Waals surface area contributed by atoms with Crippen molar-refractivity contribution in [3.8, 4) is 0 Å². The highest BCUT2D eigenvalue weighted by molar-refractivity contribution is 5.84. The summed E-state index contributed by atoms with van der Waals surface area (Å²) in [4.78, 5) is 25.0. The van der Waals surface area contributed by atoms with Gasteiger partial charge in [-0.1, -0.05) is 37.3 Å². The number of carbonyl (C=O) groups is 2. The van der Waals surface area contributed by atoms with E-state index in [0.29, 0.717) is 6.54 Å². The summed E-state index contributed by atoms with van der Waals surface area (Å²) in [6.07, 6.45) is -1.82. The lowest BCUT2D eigenvalue weighted by atomic mass is 10.2. The van der Waals surface area contributed by atoms with Crippen molar-refractivity contribution in [1.82, 2.24) is 4.90 Å².